The van der Waals surface area contributed by atoms with Gasteiger partial charge in [0, 0.05) is 10.5 Å². The van der Waals surface area contributed by atoms with Gasteiger partial charge in [-0.1, -0.05) is 37.3 Å². The van der Waals surface area contributed by atoms with Crippen molar-refractivity contribution < 1.29 is 51.3 Å². The van der Waals surface area contributed by atoms with E-state index in [-0.39, 0.29) is 24.9 Å². The number of hydrogen-bond donors (Lipinski definition) is 3. The molecule has 47 heavy (non-hydrogen) atoms. The number of carbonyl (C=O) groups is 3. The van der Waals surface area contributed by atoms with Gasteiger partial charge in [0.25, 0.3) is 0 Å². The van der Waals surface area contributed by atoms with E-state index < -0.39 is 35.8 Å². The van der Waals surface area contributed by atoms with Crippen LogP contribution in [-0.4, -0.2) is 77.5 Å². The van der Waals surface area contributed by atoms with E-state index in [1.807, 2.05) is 12.3 Å². The normalized spacial score (nSPS) is 14.5. The third-order valence-corrected chi connectivity index (χ3v) is 8.35. The molecule has 0 aromatic heterocycles. The molecule has 1 saturated heterocycles. The number of carboxylic acid groups (broad SMARTS) is 2. The van der Waals surface area contributed by atoms with Crippen LogP contribution in [0.3, 0.4) is 0 Å². The first kappa shape index (κ1) is 37.4. The number of likely N-dealkylation sites (tertiary alicyclic amines) is 1. The van der Waals surface area contributed by atoms with Crippen molar-refractivity contribution in [2.45, 2.75) is 43.5 Å². The highest BCUT2D eigenvalue weighted by molar-refractivity contribution is 7.98. The van der Waals surface area contributed by atoms with E-state index in [0.29, 0.717) is 21.8 Å². The molecule has 14 heteroatoms. The van der Waals surface area contributed by atoms with Crippen molar-refractivity contribution in [1.82, 2.24) is 10.2 Å². The van der Waals surface area contributed by atoms with Gasteiger partial charge in [0.05, 0.1) is 12.6 Å². The van der Waals surface area contributed by atoms with Crippen molar-refractivity contribution in [2.75, 3.05) is 32.4 Å². The minimum atomic E-state index is -5.08. The van der Waals surface area contributed by atoms with Crippen LogP contribution in [0.1, 0.15) is 35.7 Å². The molecule has 0 bridgehead atoms. The third-order valence-electron chi connectivity index (χ3n) is 7.57. The average molecular weight is 683 g/mol. The zero-order valence-electron chi connectivity index (χ0n) is 25.7. The monoisotopic (exact) mass is 682 g/mol. The smallest absolute Gasteiger partial charge is 0.489 e. The molecule has 0 radical (unpaired) electrons. The molecule has 4 rings (SSSR count). The largest absolute Gasteiger partial charge is 0.490 e. The molecule has 3 N–H and O–H groups in total. The maximum Gasteiger partial charge on any atom is 0.490 e. The summed E-state index contributed by atoms with van der Waals surface area (Å²) in [4.78, 5) is 36.7. The molecule has 3 aromatic rings. The Labute approximate surface area is 272 Å². The zero-order valence-corrected chi connectivity index (χ0v) is 26.5. The molecule has 0 spiro atoms. The van der Waals surface area contributed by atoms with Gasteiger partial charge >= 0.3 is 18.1 Å². The highest BCUT2D eigenvalue weighted by Gasteiger charge is 2.38. The zero-order chi connectivity index (χ0) is 34.7. The number of nitrogens with one attached hydrogen (secondary N) is 1. The van der Waals surface area contributed by atoms with E-state index in [1.54, 1.807) is 42.5 Å². The fourth-order valence-electron chi connectivity index (χ4n) is 5.09. The van der Waals surface area contributed by atoms with Gasteiger partial charge in [-0.15, -0.1) is 11.8 Å². The van der Waals surface area contributed by atoms with Crippen molar-refractivity contribution in [3.8, 4) is 16.9 Å². The summed E-state index contributed by atoms with van der Waals surface area (Å²) in [5.74, 6) is -4.97. The molecule has 1 atom stereocenters. The lowest BCUT2D eigenvalue weighted by Gasteiger charge is -2.35. The minimum Gasteiger partial charge on any atom is -0.489 e. The Balaban J connectivity index is 0.000000771. The summed E-state index contributed by atoms with van der Waals surface area (Å²) < 4.78 is 65.2. The van der Waals surface area contributed by atoms with Crippen LogP contribution in [0.2, 0.25) is 0 Å². The summed E-state index contributed by atoms with van der Waals surface area (Å²) in [6.07, 6.45) is -1.61. The Morgan fingerprint density at radius 3 is 2.17 bits per heavy atom. The maximum atomic E-state index is 13.9. The fourth-order valence-corrected chi connectivity index (χ4v) is 5.71. The van der Waals surface area contributed by atoms with Gasteiger partial charge < -0.3 is 19.8 Å². The summed E-state index contributed by atoms with van der Waals surface area (Å²) in [5.41, 5.74) is 2.67. The van der Waals surface area contributed by atoms with Crippen LogP contribution in [0.25, 0.3) is 11.1 Å². The van der Waals surface area contributed by atoms with Crippen LogP contribution in [-0.2, 0) is 16.2 Å². The van der Waals surface area contributed by atoms with Gasteiger partial charge in [0.1, 0.15) is 12.4 Å². The molecule has 1 fully saturated rings. The number of benzene rings is 3. The number of hydrogen-bond acceptors (Lipinski definition) is 7. The van der Waals surface area contributed by atoms with Crippen LogP contribution < -0.4 is 10.1 Å². The number of carbonyl (C=O) groups excluding carboxylic acids is 1. The van der Waals surface area contributed by atoms with Gasteiger partial charge in [-0.05, 0) is 91.7 Å². The number of carboxylic acids is 2. The molecule has 0 aliphatic carbocycles. The molecule has 1 unspecified atom stereocenters. The first-order chi connectivity index (χ1) is 22.2. The van der Waals surface area contributed by atoms with Crippen molar-refractivity contribution in [2.24, 2.45) is 5.92 Å². The summed E-state index contributed by atoms with van der Waals surface area (Å²) in [5, 5.41) is 19.3. The first-order valence-corrected chi connectivity index (χ1v) is 15.8. The Bertz CT molecular complexity index is 1530. The molecule has 1 aliphatic heterocycles. The number of nitrogens with zero attached hydrogens (tertiary/aromatic N) is 1. The van der Waals surface area contributed by atoms with Crippen LogP contribution in [0, 0.1) is 17.6 Å². The third kappa shape index (κ3) is 11.0. The minimum absolute atomic E-state index is 0.0641. The van der Waals surface area contributed by atoms with Gasteiger partial charge in [-0.25, -0.2) is 13.6 Å². The second kappa shape index (κ2) is 17.2. The highest BCUT2D eigenvalue weighted by atomic mass is 32.2. The number of Topliss-reactive ketones (excluding diaryl/α,β-unsaturated/α-hetero) is 1. The summed E-state index contributed by atoms with van der Waals surface area (Å²) >= 11 is 1.34. The SMILES string of the molecule is CCN1CCC(C(NCC(=O)O)C(=O)c2cccc(COc3ccc(-c4cc(F)c(F)cc4SC)cc3)c2)CC1.O=C(O)C(F)(F)F. The molecular weight excluding hydrogens is 647 g/mol. The van der Waals surface area contributed by atoms with E-state index in [2.05, 4.69) is 17.1 Å². The number of piperidine rings is 1. The molecule has 1 aliphatic rings. The van der Waals surface area contributed by atoms with Gasteiger partial charge in [0.15, 0.2) is 17.4 Å². The number of thioether (sulfide) groups is 1. The Hall–Kier alpha value is -4.01. The standard InChI is InChI=1S/C31H34F2N2O4S.C2HF3O2/c1-3-35-13-11-22(12-14-35)30(34-18-29(36)37)31(38)23-6-4-5-20(15-23)19-39-24-9-7-21(8-10-24)25-16-26(32)27(33)17-28(25)40-2;3-2(4,5)1(6)7/h4-10,15-17,22,30,34H,3,11-14,18-19H2,1-2H3,(H,36,37);(H,6,7). The van der Waals surface area contributed by atoms with E-state index >= 15 is 0 Å². The quantitative estimate of drug-likeness (QED) is 0.112. The van der Waals surface area contributed by atoms with Gasteiger partial charge in [-0.2, -0.15) is 13.2 Å². The predicted octanol–water partition coefficient (Wildman–Crippen LogP) is 6.52. The Kier molecular flexibility index (Phi) is 13.7. The number of ketones is 1. The number of ether oxygens (including phenoxy) is 1. The summed E-state index contributed by atoms with van der Waals surface area (Å²) in [6, 6.07) is 16.2. The van der Waals surface area contributed by atoms with Crippen LogP contribution in [0.15, 0.2) is 65.6 Å². The lowest BCUT2D eigenvalue weighted by atomic mass is 9.84. The molecule has 3 aromatic carbocycles. The lowest BCUT2D eigenvalue weighted by molar-refractivity contribution is -0.192. The van der Waals surface area contributed by atoms with Crippen molar-refractivity contribution in [1.29, 1.82) is 0 Å². The fraction of sp³-hybridized carbons (Fsp3) is 0.364. The predicted molar refractivity (Wildman–Crippen MR) is 167 cm³/mol. The second-order valence-electron chi connectivity index (χ2n) is 10.7. The van der Waals surface area contributed by atoms with E-state index in [4.69, 9.17) is 14.6 Å². The van der Waals surface area contributed by atoms with E-state index in [1.165, 1.54) is 23.9 Å². The van der Waals surface area contributed by atoms with Gasteiger partial charge in [-0.3, -0.25) is 14.9 Å². The molecule has 0 saturated carbocycles. The van der Waals surface area contributed by atoms with Crippen molar-refractivity contribution >= 4 is 29.5 Å². The molecule has 1 heterocycles. The van der Waals surface area contributed by atoms with Crippen LogP contribution in [0.4, 0.5) is 22.0 Å². The average Bonchev–Trinajstić information content (AvgIpc) is 3.05. The molecule has 8 nitrogen and oxygen atoms in total. The van der Waals surface area contributed by atoms with E-state index in [0.717, 1.165) is 43.6 Å². The maximum absolute atomic E-state index is 13.9. The van der Waals surface area contributed by atoms with Crippen LogP contribution >= 0.6 is 11.8 Å². The number of halogens is 5. The molecular formula is C33H35F5N2O6S. The van der Waals surface area contributed by atoms with E-state index in [9.17, 15) is 36.6 Å². The van der Waals surface area contributed by atoms with Crippen molar-refractivity contribution in [3.05, 3.63) is 83.4 Å². The summed E-state index contributed by atoms with van der Waals surface area (Å²) in [6.45, 7) is 4.81. The molecule has 0 amide bonds. The number of aliphatic carboxylic acids is 2. The number of rotatable bonds is 12. The van der Waals surface area contributed by atoms with Gasteiger partial charge in [0.2, 0.25) is 0 Å². The lowest BCUT2D eigenvalue weighted by Crippen LogP contribution is -2.49. The first-order valence-electron chi connectivity index (χ1n) is 14.6. The Morgan fingerprint density at radius 2 is 1.62 bits per heavy atom. The topological polar surface area (TPSA) is 116 Å². The second-order valence-corrected chi connectivity index (χ2v) is 11.5. The highest BCUT2D eigenvalue weighted by Crippen LogP contribution is 2.33. The van der Waals surface area contributed by atoms with Crippen molar-refractivity contribution in [3.63, 3.8) is 0 Å². The Morgan fingerprint density at radius 1 is 1.00 bits per heavy atom. The van der Waals surface area contributed by atoms with Crippen LogP contribution in [0.5, 0.6) is 5.75 Å². The number of alkyl halides is 3. The summed E-state index contributed by atoms with van der Waals surface area (Å²) in [7, 11) is 0. The molecule has 254 valence electrons.